The van der Waals surface area contributed by atoms with Crippen molar-refractivity contribution in [3.63, 3.8) is 0 Å². The fourth-order valence-electron chi connectivity index (χ4n) is 2.31. The van der Waals surface area contributed by atoms with Crippen LogP contribution in [0.2, 0.25) is 0 Å². The molecule has 0 saturated carbocycles. The molecule has 0 fully saturated rings. The molecule has 21 heavy (non-hydrogen) atoms. The average molecular weight is 310 g/mol. The molecule has 6 heteroatoms. The van der Waals surface area contributed by atoms with E-state index in [1.54, 1.807) is 6.92 Å². The summed E-state index contributed by atoms with van der Waals surface area (Å²) < 4.78 is 28.8. The fraction of sp³-hybridized carbons (Fsp3) is 0.467. The Hall–Kier alpha value is -1.37. The summed E-state index contributed by atoms with van der Waals surface area (Å²) in [6.07, 6.45) is 1.18. The van der Waals surface area contributed by atoms with E-state index in [2.05, 4.69) is 11.5 Å². The lowest BCUT2D eigenvalue weighted by Crippen LogP contribution is -2.28. The van der Waals surface area contributed by atoms with Gasteiger partial charge in [0, 0.05) is 11.1 Å². The zero-order chi connectivity index (χ0) is 15.5. The molecule has 0 aliphatic carbocycles. The standard InChI is InChI=1S/C15H22N2O3S/c1-3-21(18,19)8-4-5-13(17-16)15-10-12-9-11(2)6-7-14(12)20-15/h6-7,9-10,13,17H,3-5,8,16H2,1-2H3. The first kappa shape index (κ1) is 16.0. The average Bonchev–Trinajstić information content (AvgIpc) is 2.86. The third-order valence-electron chi connectivity index (χ3n) is 3.62. The highest BCUT2D eigenvalue weighted by atomic mass is 32.2. The Morgan fingerprint density at radius 1 is 1.33 bits per heavy atom. The van der Waals surface area contributed by atoms with Gasteiger partial charge in [-0.25, -0.2) is 13.8 Å². The molecular weight excluding hydrogens is 288 g/mol. The Labute approximate surface area is 125 Å². The highest BCUT2D eigenvalue weighted by Gasteiger charge is 2.16. The van der Waals surface area contributed by atoms with E-state index in [-0.39, 0.29) is 17.5 Å². The second kappa shape index (κ2) is 6.60. The number of hydrazine groups is 1. The largest absolute Gasteiger partial charge is 0.459 e. The van der Waals surface area contributed by atoms with Crippen LogP contribution in [0.5, 0.6) is 0 Å². The van der Waals surface area contributed by atoms with Gasteiger partial charge < -0.3 is 4.42 Å². The van der Waals surface area contributed by atoms with Crippen LogP contribution in [0, 0.1) is 6.92 Å². The zero-order valence-corrected chi connectivity index (χ0v) is 13.2. The van der Waals surface area contributed by atoms with Crippen molar-refractivity contribution in [3.05, 3.63) is 35.6 Å². The molecule has 0 aliphatic rings. The summed E-state index contributed by atoms with van der Waals surface area (Å²) in [6.45, 7) is 3.69. The van der Waals surface area contributed by atoms with Crippen molar-refractivity contribution in [1.29, 1.82) is 0 Å². The normalized spacial score (nSPS) is 13.7. The minimum atomic E-state index is -2.94. The van der Waals surface area contributed by atoms with Crippen LogP contribution in [0.3, 0.4) is 0 Å². The number of hydrogen-bond donors (Lipinski definition) is 2. The Kier molecular flexibility index (Phi) is 5.03. The molecular formula is C15H22N2O3S. The molecule has 1 aromatic heterocycles. The summed E-state index contributed by atoms with van der Waals surface area (Å²) in [5, 5.41) is 1.03. The SMILES string of the molecule is CCS(=O)(=O)CCCC(NN)c1cc2cc(C)ccc2o1. The fourth-order valence-corrected chi connectivity index (χ4v) is 3.21. The number of nitrogens with two attached hydrogens (primary N) is 1. The maximum Gasteiger partial charge on any atom is 0.150 e. The number of furan rings is 1. The molecule has 0 aliphatic heterocycles. The van der Waals surface area contributed by atoms with Gasteiger partial charge in [-0.05, 0) is 38.0 Å². The lowest BCUT2D eigenvalue weighted by Gasteiger charge is -2.12. The quantitative estimate of drug-likeness (QED) is 0.606. The second-order valence-corrected chi connectivity index (χ2v) is 7.76. The summed E-state index contributed by atoms with van der Waals surface area (Å²) >= 11 is 0. The summed E-state index contributed by atoms with van der Waals surface area (Å²) in [4.78, 5) is 0. The van der Waals surface area contributed by atoms with Crippen molar-refractivity contribution in [2.24, 2.45) is 5.84 Å². The molecule has 1 heterocycles. The number of benzene rings is 1. The van der Waals surface area contributed by atoms with Crippen molar-refractivity contribution in [1.82, 2.24) is 5.43 Å². The summed E-state index contributed by atoms with van der Waals surface area (Å²) in [5.41, 5.74) is 4.69. The third kappa shape index (κ3) is 4.06. The Morgan fingerprint density at radius 3 is 2.76 bits per heavy atom. The van der Waals surface area contributed by atoms with E-state index in [9.17, 15) is 8.42 Å². The van der Waals surface area contributed by atoms with Crippen LogP contribution in [0.25, 0.3) is 11.0 Å². The Balaban J connectivity index is 2.09. The Morgan fingerprint density at radius 2 is 2.10 bits per heavy atom. The number of aryl methyl sites for hydroxylation is 1. The third-order valence-corrected chi connectivity index (χ3v) is 5.41. The molecule has 1 unspecified atom stereocenters. The smallest absolute Gasteiger partial charge is 0.150 e. The minimum absolute atomic E-state index is 0.176. The molecule has 0 radical (unpaired) electrons. The first-order chi connectivity index (χ1) is 9.95. The molecule has 0 spiro atoms. The van der Waals surface area contributed by atoms with E-state index in [1.807, 2.05) is 25.1 Å². The molecule has 0 bridgehead atoms. The number of hydrogen-bond acceptors (Lipinski definition) is 5. The predicted octanol–water partition coefficient (Wildman–Crippen LogP) is 2.46. The maximum absolute atomic E-state index is 11.5. The van der Waals surface area contributed by atoms with Gasteiger partial charge in [0.2, 0.25) is 0 Å². The van der Waals surface area contributed by atoms with Gasteiger partial charge in [0.1, 0.15) is 21.2 Å². The summed E-state index contributed by atoms with van der Waals surface area (Å²) in [6, 6.07) is 7.76. The molecule has 5 nitrogen and oxygen atoms in total. The molecule has 1 atom stereocenters. The van der Waals surface area contributed by atoms with Gasteiger partial charge in [0.25, 0.3) is 0 Å². The van der Waals surface area contributed by atoms with Crippen molar-refractivity contribution < 1.29 is 12.8 Å². The lowest BCUT2D eigenvalue weighted by molar-refractivity contribution is 0.414. The number of nitrogens with one attached hydrogen (secondary N) is 1. The van der Waals surface area contributed by atoms with Crippen molar-refractivity contribution >= 4 is 20.8 Å². The van der Waals surface area contributed by atoms with Gasteiger partial charge in [-0.2, -0.15) is 0 Å². The van der Waals surface area contributed by atoms with Gasteiger partial charge >= 0.3 is 0 Å². The zero-order valence-electron chi connectivity index (χ0n) is 12.4. The van der Waals surface area contributed by atoms with Crippen molar-refractivity contribution in [3.8, 4) is 0 Å². The second-order valence-electron chi connectivity index (χ2n) is 5.29. The molecule has 2 aromatic rings. The molecule has 3 N–H and O–H groups in total. The first-order valence-corrected chi connectivity index (χ1v) is 8.94. The highest BCUT2D eigenvalue weighted by molar-refractivity contribution is 7.91. The van der Waals surface area contributed by atoms with Crippen LogP contribution in [0.15, 0.2) is 28.7 Å². The van der Waals surface area contributed by atoms with E-state index in [1.165, 1.54) is 5.56 Å². The molecule has 0 saturated heterocycles. The van der Waals surface area contributed by atoms with Crippen molar-refractivity contribution in [2.75, 3.05) is 11.5 Å². The van der Waals surface area contributed by atoms with E-state index < -0.39 is 9.84 Å². The predicted molar refractivity (Wildman–Crippen MR) is 84.6 cm³/mol. The number of fused-ring (bicyclic) bond motifs is 1. The summed E-state index contributed by atoms with van der Waals surface area (Å²) in [7, 11) is -2.94. The molecule has 1 aromatic carbocycles. The van der Waals surface area contributed by atoms with Gasteiger partial charge in [0.15, 0.2) is 0 Å². The number of rotatable bonds is 7. The van der Waals surface area contributed by atoms with Gasteiger partial charge in [0.05, 0.1) is 11.8 Å². The topological polar surface area (TPSA) is 85.3 Å². The lowest BCUT2D eigenvalue weighted by atomic mass is 10.1. The van der Waals surface area contributed by atoms with Crippen LogP contribution in [-0.2, 0) is 9.84 Å². The van der Waals surface area contributed by atoms with E-state index >= 15 is 0 Å². The van der Waals surface area contributed by atoms with Crippen LogP contribution >= 0.6 is 0 Å². The Bertz CT molecular complexity index is 707. The van der Waals surface area contributed by atoms with Crippen LogP contribution in [0.1, 0.15) is 37.1 Å². The van der Waals surface area contributed by atoms with E-state index in [4.69, 9.17) is 10.3 Å². The number of sulfone groups is 1. The van der Waals surface area contributed by atoms with Crippen molar-refractivity contribution in [2.45, 2.75) is 32.7 Å². The minimum Gasteiger partial charge on any atom is -0.459 e. The van der Waals surface area contributed by atoms with Crippen LogP contribution in [0.4, 0.5) is 0 Å². The van der Waals surface area contributed by atoms with Crippen LogP contribution < -0.4 is 11.3 Å². The van der Waals surface area contributed by atoms with Gasteiger partial charge in [-0.15, -0.1) is 0 Å². The maximum atomic E-state index is 11.5. The highest BCUT2D eigenvalue weighted by Crippen LogP contribution is 2.27. The monoisotopic (exact) mass is 310 g/mol. The van der Waals surface area contributed by atoms with Crippen LogP contribution in [-0.4, -0.2) is 19.9 Å². The molecule has 0 amide bonds. The summed E-state index contributed by atoms with van der Waals surface area (Å²) in [5.74, 6) is 6.68. The molecule has 2 rings (SSSR count). The van der Waals surface area contributed by atoms with Gasteiger partial charge in [-0.3, -0.25) is 5.84 Å². The van der Waals surface area contributed by atoms with E-state index in [0.29, 0.717) is 12.8 Å². The first-order valence-electron chi connectivity index (χ1n) is 7.12. The molecule has 116 valence electrons. The van der Waals surface area contributed by atoms with Gasteiger partial charge in [-0.1, -0.05) is 18.6 Å². The van der Waals surface area contributed by atoms with E-state index in [0.717, 1.165) is 16.7 Å².